The van der Waals surface area contributed by atoms with Crippen molar-refractivity contribution < 1.29 is 18.8 Å². The van der Waals surface area contributed by atoms with Crippen molar-refractivity contribution in [1.29, 1.82) is 0 Å². The summed E-state index contributed by atoms with van der Waals surface area (Å²) in [6, 6.07) is 22.6. The number of nitrogens with one attached hydrogen (secondary N) is 3. The van der Waals surface area contributed by atoms with Crippen molar-refractivity contribution in [3.8, 4) is 0 Å². The zero-order chi connectivity index (χ0) is 21.9. The second-order valence-electron chi connectivity index (χ2n) is 6.80. The van der Waals surface area contributed by atoms with Gasteiger partial charge in [-0.1, -0.05) is 60.7 Å². The minimum atomic E-state index is -0.499. The second-order valence-corrected chi connectivity index (χ2v) is 6.80. The van der Waals surface area contributed by atoms with E-state index in [0.717, 1.165) is 11.1 Å². The monoisotopic (exact) mass is 420 g/mol. The predicted molar refractivity (Wildman–Crippen MR) is 114 cm³/mol. The third kappa shape index (κ3) is 7.45. The van der Waals surface area contributed by atoms with E-state index in [9.17, 15) is 14.4 Å². The Morgan fingerprint density at radius 2 is 1.29 bits per heavy atom. The number of carbonyl (C=O) groups excluding carboxylic acids is 3. The number of furan rings is 1. The van der Waals surface area contributed by atoms with Crippen LogP contribution in [-0.4, -0.2) is 35.8 Å². The number of nitrogens with zero attached hydrogens (tertiary/aromatic N) is 1. The first-order valence-corrected chi connectivity index (χ1v) is 9.81. The molecule has 0 bridgehead atoms. The summed E-state index contributed by atoms with van der Waals surface area (Å²) in [7, 11) is 0. The van der Waals surface area contributed by atoms with Crippen LogP contribution in [0.3, 0.4) is 0 Å². The highest BCUT2D eigenvalue weighted by molar-refractivity contribution is 5.94. The molecule has 0 aliphatic heterocycles. The highest BCUT2D eigenvalue weighted by atomic mass is 16.3. The molecule has 0 aliphatic carbocycles. The SMILES string of the molecule is O=C(CNC(=O)c1ccco1)NCC(=O)NN(Cc1ccccc1)Cc1ccccc1. The first kappa shape index (κ1) is 21.8. The highest BCUT2D eigenvalue weighted by Gasteiger charge is 2.13. The number of hydrogen-bond acceptors (Lipinski definition) is 5. The molecule has 0 unspecified atom stereocenters. The van der Waals surface area contributed by atoms with Gasteiger partial charge in [0, 0.05) is 13.1 Å². The van der Waals surface area contributed by atoms with Crippen LogP contribution in [0.4, 0.5) is 0 Å². The minimum absolute atomic E-state index is 0.114. The van der Waals surface area contributed by atoms with Crippen molar-refractivity contribution in [1.82, 2.24) is 21.1 Å². The zero-order valence-corrected chi connectivity index (χ0v) is 16.9. The Labute approximate surface area is 180 Å². The number of benzene rings is 2. The molecule has 1 aromatic heterocycles. The Morgan fingerprint density at radius 3 is 1.84 bits per heavy atom. The van der Waals surface area contributed by atoms with Crippen molar-refractivity contribution in [2.75, 3.05) is 13.1 Å². The summed E-state index contributed by atoms with van der Waals surface area (Å²) in [6.45, 7) is 0.545. The molecule has 0 aliphatic rings. The molecule has 3 rings (SSSR count). The first-order valence-electron chi connectivity index (χ1n) is 9.81. The third-order valence-corrected chi connectivity index (χ3v) is 4.32. The average molecular weight is 420 g/mol. The van der Waals surface area contributed by atoms with Crippen molar-refractivity contribution in [3.05, 3.63) is 95.9 Å². The summed E-state index contributed by atoms with van der Waals surface area (Å²) in [5.41, 5.74) is 4.92. The molecular formula is C23H24N4O4. The molecule has 0 atom stereocenters. The summed E-state index contributed by atoms with van der Waals surface area (Å²) >= 11 is 0. The molecule has 3 N–H and O–H groups in total. The van der Waals surface area contributed by atoms with Gasteiger partial charge in [-0.3, -0.25) is 19.8 Å². The highest BCUT2D eigenvalue weighted by Crippen LogP contribution is 2.08. The van der Waals surface area contributed by atoms with E-state index < -0.39 is 11.8 Å². The average Bonchev–Trinajstić information content (AvgIpc) is 3.32. The predicted octanol–water partition coefficient (Wildman–Crippen LogP) is 1.86. The number of amides is 3. The topological polar surface area (TPSA) is 104 Å². The number of rotatable bonds is 10. The molecule has 0 saturated carbocycles. The molecule has 0 spiro atoms. The summed E-state index contributed by atoms with van der Waals surface area (Å²) in [5, 5.41) is 6.71. The van der Waals surface area contributed by atoms with Gasteiger partial charge in [0.2, 0.25) is 5.91 Å². The van der Waals surface area contributed by atoms with E-state index in [1.54, 1.807) is 11.1 Å². The fourth-order valence-corrected chi connectivity index (χ4v) is 2.86. The maximum Gasteiger partial charge on any atom is 0.287 e. The lowest BCUT2D eigenvalue weighted by Gasteiger charge is -2.23. The van der Waals surface area contributed by atoms with E-state index in [-0.39, 0.29) is 24.8 Å². The van der Waals surface area contributed by atoms with Gasteiger partial charge in [0.05, 0.1) is 19.4 Å². The van der Waals surface area contributed by atoms with Crippen LogP contribution in [0.2, 0.25) is 0 Å². The lowest BCUT2D eigenvalue weighted by atomic mass is 10.2. The fourth-order valence-electron chi connectivity index (χ4n) is 2.86. The van der Waals surface area contributed by atoms with Crippen LogP contribution in [0.5, 0.6) is 0 Å². The number of hydrazine groups is 1. The lowest BCUT2D eigenvalue weighted by molar-refractivity contribution is -0.129. The Kier molecular flexibility index (Phi) is 7.96. The lowest BCUT2D eigenvalue weighted by Crippen LogP contribution is -2.47. The molecule has 3 amide bonds. The summed E-state index contributed by atoms with van der Waals surface area (Å²) in [6.07, 6.45) is 1.37. The third-order valence-electron chi connectivity index (χ3n) is 4.32. The Morgan fingerprint density at radius 1 is 0.710 bits per heavy atom. The Bertz CT molecular complexity index is 934. The van der Waals surface area contributed by atoms with Gasteiger partial charge < -0.3 is 15.1 Å². The van der Waals surface area contributed by atoms with E-state index in [1.165, 1.54) is 12.3 Å². The van der Waals surface area contributed by atoms with Gasteiger partial charge in [-0.2, -0.15) is 0 Å². The second kappa shape index (κ2) is 11.3. The molecule has 0 radical (unpaired) electrons. The van der Waals surface area contributed by atoms with Gasteiger partial charge in [0.1, 0.15) is 0 Å². The zero-order valence-electron chi connectivity index (χ0n) is 16.9. The van der Waals surface area contributed by atoms with Gasteiger partial charge in [0.25, 0.3) is 11.8 Å². The van der Waals surface area contributed by atoms with Gasteiger partial charge in [0.15, 0.2) is 5.76 Å². The summed E-state index contributed by atoms with van der Waals surface area (Å²) in [4.78, 5) is 36.1. The van der Waals surface area contributed by atoms with Crippen molar-refractivity contribution in [2.45, 2.75) is 13.1 Å². The van der Waals surface area contributed by atoms with E-state index in [0.29, 0.717) is 13.1 Å². The van der Waals surface area contributed by atoms with Gasteiger partial charge >= 0.3 is 0 Å². The fraction of sp³-hybridized carbons (Fsp3) is 0.174. The van der Waals surface area contributed by atoms with Crippen LogP contribution in [0.15, 0.2) is 83.5 Å². The van der Waals surface area contributed by atoms with Gasteiger partial charge in [-0.25, -0.2) is 5.01 Å². The van der Waals surface area contributed by atoms with Crippen LogP contribution >= 0.6 is 0 Å². The van der Waals surface area contributed by atoms with E-state index in [2.05, 4.69) is 16.1 Å². The number of hydrogen-bond donors (Lipinski definition) is 3. The molecule has 0 saturated heterocycles. The molecule has 8 nitrogen and oxygen atoms in total. The molecular weight excluding hydrogens is 396 g/mol. The largest absolute Gasteiger partial charge is 0.459 e. The summed E-state index contributed by atoms with van der Waals surface area (Å²) in [5.74, 6) is -1.23. The van der Waals surface area contributed by atoms with Crippen LogP contribution in [0.25, 0.3) is 0 Å². The quantitative estimate of drug-likeness (QED) is 0.435. The molecule has 0 fully saturated rings. The molecule has 1 heterocycles. The maximum atomic E-state index is 12.4. The van der Waals surface area contributed by atoms with Crippen molar-refractivity contribution in [3.63, 3.8) is 0 Å². The Hall–Kier alpha value is -3.91. The molecule has 160 valence electrons. The molecule has 2 aromatic carbocycles. The molecule has 31 heavy (non-hydrogen) atoms. The first-order chi connectivity index (χ1) is 15.1. The van der Waals surface area contributed by atoms with E-state index in [4.69, 9.17) is 4.42 Å². The number of carbonyl (C=O) groups is 3. The smallest absolute Gasteiger partial charge is 0.287 e. The molecule has 8 heteroatoms. The standard InChI is InChI=1S/C23H24N4O4/c28-21(14-25-23(30)20-12-7-13-31-20)24-15-22(29)26-27(16-18-8-3-1-4-9-18)17-19-10-5-2-6-11-19/h1-13H,14-17H2,(H,24,28)(H,25,30)(H,26,29). The Balaban J connectivity index is 1.48. The van der Waals surface area contributed by atoms with Gasteiger partial charge in [-0.05, 0) is 23.3 Å². The molecule has 3 aromatic rings. The normalized spacial score (nSPS) is 10.5. The van der Waals surface area contributed by atoms with Crippen LogP contribution in [-0.2, 0) is 22.7 Å². The minimum Gasteiger partial charge on any atom is -0.459 e. The maximum absolute atomic E-state index is 12.4. The summed E-state index contributed by atoms with van der Waals surface area (Å²) < 4.78 is 4.95. The van der Waals surface area contributed by atoms with E-state index >= 15 is 0 Å². The van der Waals surface area contributed by atoms with Gasteiger partial charge in [-0.15, -0.1) is 0 Å². The van der Waals surface area contributed by atoms with Crippen LogP contribution < -0.4 is 16.1 Å². The van der Waals surface area contributed by atoms with Crippen molar-refractivity contribution >= 4 is 17.7 Å². The van der Waals surface area contributed by atoms with E-state index in [1.807, 2.05) is 60.7 Å². The van der Waals surface area contributed by atoms with Crippen molar-refractivity contribution in [2.24, 2.45) is 0 Å². The van der Waals surface area contributed by atoms with Crippen LogP contribution in [0, 0.1) is 0 Å². The van der Waals surface area contributed by atoms with Crippen LogP contribution in [0.1, 0.15) is 21.7 Å².